The number of hydrogen-bond acceptors (Lipinski definition) is 1. The Labute approximate surface area is 124 Å². The Hall–Kier alpha value is -1.68. The predicted octanol–water partition coefficient (Wildman–Crippen LogP) is 4.12. The van der Waals surface area contributed by atoms with Gasteiger partial charge >= 0.3 is 0 Å². The van der Waals surface area contributed by atoms with Crippen molar-refractivity contribution in [2.75, 3.05) is 6.54 Å². The third-order valence-electron chi connectivity index (χ3n) is 3.59. The molecule has 0 amide bonds. The van der Waals surface area contributed by atoms with Crippen molar-refractivity contribution in [3.8, 4) is 0 Å². The molecule has 0 radical (unpaired) electrons. The molecule has 1 N–H and O–H groups in total. The Morgan fingerprint density at radius 3 is 2.57 bits per heavy atom. The first-order chi connectivity index (χ1) is 10.0. The number of benzene rings is 1. The molecular weight excluding hydrogens is 270 g/mol. The summed E-state index contributed by atoms with van der Waals surface area (Å²) in [6.45, 7) is 7.73. The van der Waals surface area contributed by atoms with Crippen molar-refractivity contribution in [3.63, 3.8) is 0 Å². The van der Waals surface area contributed by atoms with Crippen LogP contribution in [0.3, 0.4) is 0 Å². The summed E-state index contributed by atoms with van der Waals surface area (Å²) < 4.78 is 28.5. The molecule has 0 spiro atoms. The van der Waals surface area contributed by atoms with Gasteiger partial charge in [0.2, 0.25) is 0 Å². The first-order valence-electron chi connectivity index (χ1n) is 7.34. The van der Waals surface area contributed by atoms with E-state index in [-0.39, 0.29) is 6.04 Å². The van der Waals surface area contributed by atoms with E-state index in [2.05, 4.69) is 32.2 Å². The highest BCUT2D eigenvalue weighted by Crippen LogP contribution is 2.22. The molecule has 4 heteroatoms. The fourth-order valence-corrected chi connectivity index (χ4v) is 2.55. The smallest absolute Gasteiger partial charge is 0.131 e. The van der Waals surface area contributed by atoms with Crippen LogP contribution in [0.2, 0.25) is 0 Å². The lowest BCUT2D eigenvalue weighted by Gasteiger charge is -2.20. The van der Waals surface area contributed by atoms with Crippen LogP contribution in [0, 0.1) is 17.6 Å². The Bertz CT molecular complexity index is 590. The van der Waals surface area contributed by atoms with Crippen molar-refractivity contribution in [2.45, 2.75) is 33.4 Å². The molecule has 2 nitrogen and oxygen atoms in total. The van der Waals surface area contributed by atoms with Gasteiger partial charge in [-0.1, -0.05) is 26.8 Å². The van der Waals surface area contributed by atoms with Gasteiger partial charge in [0.25, 0.3) is 0 Å². The fourth-order valence-electron chi connectivity index (χ4n) is 2.55. The van der Waals surface area contributed by atoms with Crippen LogP contribution in [0.5, 0.6) is 0 Å². The first-order valence-corrected chi connectivity index (χ1v) is 7.34. The summed E-state index contributed by atoms with van der Waals surface area (Å²) in [5.41, 5.74) is 1.68. The molecule has 21 heavy (non-hydrogen) atoms. The minimum absolute atomic E-state index is 0.286. The lowest BCUT2D eigenvalue weighted by Crippen LogP contribution is -2.25. The molecule has 1 unspecified atom stereocenters. The zero-order valence-electron chi connectivity index (χ0n) is 12.7. The van der Waals surface area contributed by atoms with Crippen molar-refractivity contribution in [1.82, 2.24) is 9.88 Å². The van der Waals surface area contributed by atoms with Gasteiger partial charge in [-0.15, -0.1) is 0 Å². The average molecular weight is 292 g/mol. The third-order valence-corrected chi connectivity index (χ3v) is 3.59. The molecule has 0 saturated heterocycles. The van der Waals surface area contributed by atoms with Crippen LogP contribution in [-0.2, 0) is 6.54 Å². The van der Waals surface area contributed by atoms with Gasteiger partial charge in [0.1, 0.15) is 11.6 Å². The highest BCUT2D eigenvalue weighted by atomic mass is 19.1. The molecule has 1 heterocycles. The summed E-state index contributed by atoms with van der Waals surface area (Å²) in [4.78, 5) is 0. The highest BCUT2D eigenvalue weighted by molar-refractivity contribution is 5.21. The Balaban J connectivity index is 2.15. The monoisotopic (exact) mass is 292 g/mol. The van der Waals surface area contributed by atoms with Gasteiger partial charge in [-0.25, -0.2) is 8.78 Å². The molecule has 1 aromatic heterocycles. The van der Waals surface area contributed by atoms with Gasteiger partial charge in [-0.2, -0.15) is 0 Å². The number of halogens is 2. The molecule has 2 aromatic rings. The van der Waals surface area contributed by atoms with E-state index in [0.29, 0.717) is 18.0 Å². The van der Waals surface area contributed by atoms with Crippen molar-refractivity contribution >= 4 is 0 Å². The zero-order valence-corrected chi connectivity index (χ0v) is 12.7. The van der Waals surface area contributed by atoms with E-state index in [4.69, 9.17) is 0 Å². The summed E-state index contributed by atoms with van der Waals surface area (Å²) in [5, 5.41) is 3.46. The average Bonchev–Trinajstić information content (AvgIpc) is 2.87. The predicted molar refractivity (Wildman–Crippen MR) is 81.1 cm³/mol. The molecule has 2 rings (SSSR count). The number of rotatable bonds is 6. The van der Waals surface area contributed by atoms with Crippen molar-refractivity contribution in [2.24, 2.45) is 5.92 Å². The topological polar surface area (TPSA) is 17.0 Å². The molecule has 0 aliphatic carbocycles. The Kier molecular flexibility index (Phi) is 5.12. The van der Waals surface area contributed by atoms with Crippen molar-refractivity contribution in [3.05, 3.63) is 59.4 Å². The zero-order chi connectivity index (χ0) is 15.4. The molecule has 0 saturated carbocycles. The van der Waals surface area contributed by atoms with Crippen LogP contribution in [0.15, 0.2) is 36.7 Å². The van der Waals surface area contributed by atoms with Crippen molar-refractivity contribution in [1.29, 1.82) is 0 Å². The van der Waals surface area contributed by atoms with E-state index >= 15 is 0 Å². The van der Waals surface area contributed by atoms with Gasteiger partial charge in [0.15, 0.2) is 0 Å². The summed E-state index contributed by atoms with van der Waals surface area (Å²) in [6, 6.07) is 6.05. The molecule has 0 fully saturated rings. The molecular formula is C17H22F2N2. The molecule has 1 aromatic carbocycles. The normalized spacial score (nSPS) is 12.9. The Morgan fingerprint density at radius 1 is 1.19 bits per heavy atom. The maximum Gasteiger partial charge on any atom is 0.131 e. The van der Waals surface area contributed by atoms with Gasteiger partial charge in [0.05, 0.1) is 0 Å². The minimum Gasteiger partial charge on any atom is -0.349 e. The molecule has 114 valence electrons. The van der Waals surface area contributed by atoms with E-state index in [9.17, 15) is 8.78 Å². The number of nitrogens with one attached hydrogen (secondary N) is 1. The number of hydrogen-bond donors (Lipinski definition) is 1. The number of nitrogens with zero attached hydrogens (tertiary/aromatic N) is 1. The largest absolute Gasteiger partial charge is 0.349 e. The van der Waals surface area contributed by atoms with E-state index in [1.165, 1.54) is 17.7 Å². The standard InChI is InChI=1S/C17H22F2N2/c1-4-20-17(12(2)3)14-7-8-21(11-14)10-13-5-6-15(18)9-16(13)19/h5-9,11-12,17,20H,4,10H2,1-3H3. The lowest BCUT2D eigenvalue weighted by molar-refractivity contribution is 0.421. The van der Waals surface area contributed by atoms with Crippen LogP contribution in [0.25, 0.3) is 0 Å². The summed E-state index contributed by atoms with van der Waals surface area (Å²) in [7, 11) is 0. The second-order valence-corrected chi connectivity index (χ2v) is 5.63. The van der Waals surface area contributed by atoms with Gasteiger partial charge in [0, 0.05) is 36.6 Å². The van der Waals surface area contributed by atoms with Gasteiger partial charge < -0.3 is 9.88 Å². The van der Waals surface area contributed by atoms with E-state index < -0.39 is 11.6 Å². The van der Waals surface area contributed by atoms with E-state index in [1.807, 2.05) is 17.0 Å². The molecule has 0 aliphatic heterocycles. The second kappa shape index (κ2) is 6.85. The van der Waals surface area contributed by atoms with Crippen LogP contribution >= 0.6 is 0 Å². The third kappa shape index (κ3) is 3.91. The lowest BCUT2D eigenvalue weighted by atomic mass is 9.98. The molecule has 1 atom stereocenters. The van der Waals surface area contributed by atoms with Crippen LogP contribution in [0.1, 0.15) is 37.9 Å². The Morgan fingerprint density at radius 2 is 1.95 bits per heavy atom. The SMILES string of the molecule is CCNC(c1ccn(Cc2ccc(F)cc2F)c1)C(C)C. The fraction of sp³-hybridized carbons (Fsp3) is 0.412. The second-order valence-electron chi connectivity index (χ2n) is 5.63. The maximum atomic E-state index is 13.7. The van der Waals surface area contributed by atoms with Gasteiger partial charge in [-0.05, 0) is 30.2 Å². The van der Waals surface area contributed by atoms with Crippen LogP contribution < -0.4 is 5.32 Å². The summed E-state index contributed by atoms with van der Waals surface area (Å²) in [5.74, 6) is -0.572. The maximum absolute atomic E-state index is 13.7. The van der Waals surface area contributed by atoms with Crippen LogP contribution in [0.4, 0.5) is 8.78 Å². The van der Waals surface area contributed by atoms with E-state index in [0.717, 1.165) is 12.6 Å². The van der Waals surface area contributed by atoms with Gasteiger partial charge in [-0.3, -0.25) is 0 Å². The van der Waals surface area contributed by atoms with Crippen molar-refractivity contribution < 1.29 is 8.78 Å². The molecule has 0 aliphatic rings. The summed E-state index contributed by atoms with van der Waals surface area (Å²) >= 11 is 0. The number of aromatic nitrogens is 1. The summed E-state index contributed by atoms with van der Waals surface area (Å²) in [6.07, 6.45) is 3.96. The highest BCUT2D eigenvalue weighted by Gasteiger charge is 2.15. The quantitative estimate of drug-likeness (QED) is 0.847. The van der Waals surface area contributed by atoms with E-state index in [1.54, 1.807) is 0 Å². The first kappa shape index (κ1) is 15.7. The minimum atomic E-state index is -0.545. The van der Waals surface area contributed by atoms with Crippen LogP contribution in [-0.4, -0.2) is 11.1 Å². The molecule has 0 bridgehead atoms.